The van der Waals surface area contributed by atoms with Crippen LogP contribution < -0.4 is 5.32 Å². The lowest BCUT2D eigenvalue weighted by Gasteiger charge is -2.10. The van der Waals surface area contributed by atoms with Gasteiger partial charge >= 0.3 is 6.09 Å². The minimum atomic E-state index is -0.356. The summed E-state index contributed by atoms with van der Waals surface area (Å²) in [4.78, 5) is 15.3. The Morgan fingerprint density at radius 1 is 1.31 bits per heavy atom. The first kappa shape index (κ1) is 9.15. The molecular formula is C12H10N2O2. The van der Waals surface area contributed by atoms with Crippen molar-refractivity contribution in [3.63, 3.8) is 0 Å². The number of hydrogen-bond donors (Lipinski definition) is 1. The average molecular weight is 214 g/mol. The number of para-hydroxylation sites is 1. The predicted octanol–water partition coefficient (Wildman–Crippen LogP) is 2.02. The van der Waals surface area contributed by atoms with E-state index in [2.05, 4.69) is 10.3 Å². The van der Waals surface area contributed by atoms with Crippen LogP contribution in [0.25, 0.3) is 10.9 Å². The Kier molecular flexibility index (Phi) is 1.99. The van der Waals surface area contributed by atoms with Gasteiger partial charge in [0.25, 0.3) is 0 Å². The van der Waals surface area contributed by atoms with Crippen molar-refractivity contribution in [1.82, 2.24) is 10.3 Å². The van der Waals surface area contributed by atoms with E-state index in [9.17, 15) is 4.79 Å². The highest BCUT2D eigenvalue weighted by atomic mass is 16.6. The molecule has 1 atom stereocenters. The number of nitrogens with one attached hydrogen (secondary N) is 1. The highest BCUT2D eigenvalue weighted by molar-refractivity contribution is 5.83. The fourth-order valence-corrected chi connectivity index (χ4v) is 1.97. The fourth-order valence-electron chi connectivity index (χ4n) is 1.97. The number of amides is 1. The van der Waals surface area contributed by atoms with Gasteiger partial charge in [-0.1, -0.05) is 18.2 Å². The molecule has 1 amide bonds. The van der Waals surface area contributed by atoms with Gasteiger partial charge in [-0.2, -0.15) is 0 Å². The van der Waals surface area contributed by atoms with E-state index in [4.69, 9.17) is 4.74 Å². The van der Waals surface area contributed by atoms with Gasteiger partial charge in [-0.15, -0.1) is 0 Å². The maximum atomic E-state index is 11.0. The lowest BCUT2D eigenvalue weighted by Crippen LogP contribution is -2.18. The van der Waals surface area contributed by atoms with Crippen molar-refractivity contribution in [1.29, 1.82) is 0 Å². The fraction of sp³-hybridized carbons (Fsp3) is 0.167. The number of carbonyl (C=O) groups excluding carboxylic acids is 1. The first-order chi connectivity index (χ1) is 7.84. The number of fused-ring (bicyclic) bond motifs is 1. The molecule has 1 fully saturated rings. The van der Waals surface area contributed by atoms with Crippen LogP contribution in [0.2, 0.25) is 0 Å². The van der Waals surface area contributed by atoms with Gasteiger partial charge in [-0.25, -0.2) is 4.79 Å². The van der Waals surface area contributed by atoms with Gasteiger partial charge in [0.1, 0.15) is 6.61 Å². The molecule has 16 heavy (non-hydrogen) atoms. The molecule has 1 aliphatic rings. The van der Waals surface area contributed by atoms with E-state index in [1.54, 1.807) is 6.20 Å². The highest BCUT2D eigenvalue weighted by Crippen LogP contribution is 2.25. The van der Waals surface area contributed by atoms with Crippen LogP contribution in [-0.2, 0) is 4.74 Å². The summed E-state index contributed by atoms with van der Waals surface area (Å²) in [5, 5.41) is 3.83. The Morgan fingerprint density at radius 3 is 3.00 bits per heavy atom. The number of aromatic nitrogens is 1. The summed E-state index contributed by atoms with van der Waals surface area (Å²) in [6, 6.07) is 9.72. The molecule has 2 heterocycles. The second-order valence-corrected chi connectivity index (χ2v) is 3.71. The number of carbonyl (C=O) groups is 1. The van der Waals surface area contributed by atoms with Gasteiger partial charge in [-0.3, -0.25) is 4.98 Å². The average Bonchev–Trinajstić information content (AvgIpc) is 2.75. The van der Waals surface area contributed by atoms with Crippen molar-refractivity contribution in [2.24, 2.45) is 0 Å². The molecule has 0 spiro atoms. The first-order valence-electron chi connectivity index (χ1n) is 5.11. The zero-order valence-electron chi connectivity index (χ0n) is 8.51. The van der Waals surface area contributed by atoms with E-state index in [-0.39, 0.29) is 12.1 Å². The van der Waals surface area contributed by atoms with Gasteiger partial charge in [0, 0.05) is 11.6 Å². The Bertz CT molecular complexity index is 548. The van der Waals surface area contributed by atoms with E-state index < -0.39 is 0 Å². The van der Waals surface area contributed by atoms with Crippen LogP contribution in [0.4, 0.5) is 4.79 Å². The van der Waals surface area contributed by atoms with E-state index in [0.29, 0.717) is 6.61 Å². The lowest BCUT2D eigenvalue weighted by molar-refractivity contribution is 0.177. The summed E-state index contributed by atoms with van der Waals surface area (Å²) in [5.41, 5.74) is 1.98. The second-order valence-electron chi connectivity index (χ2n) is 3.71. The van der Waals surface area contributed by atoms with Gasteiger partial charge < -0.3 is 10.1 Å². The van der Waals surface area contributed by atoms with Crippen LogP contribution in [-0.4, -0.2) is 17.7 Å². The zero-order chi connectivity index (χ0) is 11.0. The molecule has 1 N–H and O–H groups in total. The number of rotatable bonds is 1. The summed E-state index contributed by atoms with van der Waals surface area (Å²) < 4.78 is 4.90. The molecule has 1 aromatic heterocycles. The van der Waals surface area contributed by atoms with Crippen molar-refractivity contribution < 1.29 is 9.53 Å². The maximum absolute atomic E-state index is 11.0. The Labute approximate surface area is 92.2 Å². The molecule has 0 aliphatic carbocycles. The van der Waals surface area contributed by atoms with Crippen LogP contribution in [0.3, 0.4) is 0 Å². The van der Waals surface area contributed by atoms with E-state index in [0.717, 1.165) is 16.5 Å². The monoisotopic (exact) mass is 214 g/mol. The number of alkyl carbamates (subject to hydrolysis) is 1. The molecule has 3 rings (SSSR count). The smallest absolute Gasteiger partial charge is 0.407 e. The van der Waals surface area contributed by atoms with Crippen LogP contribution in [0.1, 0.15) is 11.6 Å². The van der Waals surface area contributed by atoms with Crippen molar-refractivity contribution >= 4 is 17.0 Å². The SMILES string of the molecule is O=C1N[C@@H](c2ccnc3ccccc23)CO1. The number of benzene rings is 1. The zero-order valence-corrected chi connectivity index (χ0v) is 8.51. The number of nitrogens with zero attached hydrogens (tertiary/aromatic N) is 1. The quantitative estimate of drug-likeness (QED) is 0.790. The van der Waals surface area contributed by atoms with Crippen LogP contribution in [0.5, 0.6) is 0 Å². The molecule has 80 valence electrons. The maximum Gasteiger partial charge on any atom is 0.407 e. The second kappa shape index (κ2) is 3.48. The molecule has 0 unspecified atom stereocenters. The molecule has 4 heteroatoms. The molecular weight excluding hydrogens is 204 g/mol. The minimum absolute atomic E-state index is 0.0691. The molecule has 0 bridgehead atoms. The molecule has 0 radical (unpaired) electrons. The molecule has 0 saturated carbocycles. The third-order valence-electron chi connectivity index (χ3n) is 2.73. The summed E-state index contributed by atoms with van der Waals surface area (Å²) in [6.45, 7) is 0.382. The Balaban J connectivity index is 2.13. The third-order valence-corrected chi connectivity index (χ3v) is 2.73. The topological polar surface area (TPSA) is 51.2 Å². The largest absolute Gasteiger partial charge is 0.447 e. The van der Waals surface area contributed by atoms with E-state index >= 15 is 0 Å². The molecule has 2 aromatic rings. The summed E-state index contributed by atoms with van der Waals surface area (Å²) in [5.74, 6) is 0. The number of pyridine rings is 1. The molecule has 1 aromatic carbocycles. The molecule has 1 saturated heterocycles. The van der Waals surface area contributed by atoms with E-state index in [1.807, 2.05) is 30.3 Å². The highest BCUT2D eigenvalue weighted by Gasteiger charge is 2.24. The Hall–Kier alpha value is -2.10. The van der Waals surface area contributed by atoms with Gasteiger partial charge in [0.2, 0.25) is 0 Å². The normalized spacial score (nSPS) is 19.5. The number of cyclic esters (lactones) is 1. The standard InChI is InChI=1S/C12H10N2O2/c15-12-14-11(7-16-12)9-5-6-13-10-4-2-1-3-8(9)10/h1-6,11H,7H2,(H,14,15)/t11-/m1/s1. The van der Waals surface area contributed by atoms with Gasteiger partial charge in [-0.05, 0) is 17.7 Å². The van der Waals surface area contributed by atoms with Crippen LogP contribution in [0.15, 0.2) is 36.5 Å². The van der Waals surface area contributed by atoms with Crippen molar-refractivity contribution in [2.45, 2.75) is 6.04 Å². The number of ether oxygens (including phenoxy) is 1. The minimum Gasteiger partial charge on any atom is -0.447 e. The van der Waals surface area contributed by atoms with Crippen LogP contribution >= 0.6 is 0 Å². The first-order valence-corrected chi connectivity index (χ1v) is 5.11. The lowest BCUT2D eigenvalue weighted by atomic mass is 10.0. The third kappa shape index (κ3) is 1.39. The summed E-state index contributed by atoms with van der Waals surface area (Å²) in [6.07, 6.45) is 1.40. The van der Waals surface area contributed by atoms with Crippen molar-refractivity contribution in [2.75, 3.05) is 6.61 Å². The van der Waals surface area contributed by atoms with Crippen molar-refractivity contribution in [3.05, 3.63) is 42.1 Å². The molecule has 1 aliphatic heterocycles. The summed E-state index contributed by atoms with van der Waals surface area (Å²) in [7, 11) is 0. The molecule has 4 nitrogen and oxygen atoms in total. The number of hydrogen-bond acceptors (Lipinski definition) is 3. The predicted molar refractivity (Wildman–Crippen MR) is 59.0 cm³/mol. The van der Waals surface area contributed by atoms with Gasteiger partial charge in [0.15, 0.2) is 0 Å². The van der Waals surface area contributed by atoms with Crippen LogP contribution in [0, 0.1) is 0 Å². The summed E-state index contributed by atoms with van der Waals surface area (Å²) >= 11 is 0. The van der Waals surface area contributed by atoms with E-state index in [1.165, 1.54) is 0 Å². The Morgan fingerprint density at radius 2 is 2.19 bits per heavy atom. The van der Waals surface area contributed by atoms with Gasteiger partial charge in [0.05, 0.1) is 11.6 Å². The van der Waals surface area contributed by atoms with Crippen molar-refractivity contribution in [3.8, 4) is 0 Å².